The molecule has 4 nitrogen and oxygen atoms in total. The van der Waals surface area contributed by atoms with Crippen LogP contribution in [0.5, 0.6) is 5.75 Å². The van der Waals surface area contributed by atoms with Crippen molar-refractivity contribution < 1.29 is 13.9 Å². The highest BCUT2D eigenvalue weighted by Crippen LogP contribution is 2.23. The summed E-state index contributed by atoms with van der Waals surface area (Å²) in [5, 5.41) is 1.01. The lowest BCUT2D eigenvalue weighted by Crippen LogP contribution is -2.06. The van der Waals surface area contributed by atoms with E-state index in [4.69, 9.17) is 9.15 Å². The first-order chi connectivity index (χ1) is 9.69. The van der Waals surface area contributed by atoms with E-state index >= 15 is 0 Å². The highest BCUT2D eigenvalue weighted by Gasteiger charge is 2.09. The van der Waals surface area contributed by atoms with Crippen LogP contribution in [-0.4, -0.2) is 5.97 Å². The van der Waals surface area contributed by atoms with Crippen molar-refractivity contribution in [2.24, 2.45) is 0 Å². The summed E-state index contributed by atoms with van der Waals surface area (Å²) in [4.78, 5) is 23.6. The Labute approximate surface area is 114 Å². The summed E-state index contributed by atoms with van der Waals surface area (Å²) in [6, 6.07) is 11.8. The first kappa shape index (κ1) is 12.4. The number of para-hydroxylation sites is 1. The smallest absolute Gasteiger partial charge is 0.310 e. The van der Waals surface area contributed by atoms with Gasteiger partial charge < -0.3 is 9.15 Å². The van der Waals surface area contributed by atoms with Gasteiger partial charge in [-0.15, -0.1) is 0 Å². The van der Waals surface area contributed by atoms with Crippen molar-refractivity contribution in [3.63, 3.8) is 0 Å². The first-order valence-corrected chi connectivity index (χ1v) is 6.35. The second-order valence-electron chi connectivity index (χ2n) is 4.41. The number of fused-ring (bicyclic) bond motifs is 2. The lowest BCUT2D eigenvalue weighted by atomic mass is 10.1. The number of hydrogen-bond acceptors (Lipinski definition) is 4. The Hall–Kier alpha value is -2.62. The average Bonchev–Trinajstić information content (AvgIpc) is 2.47. The maximum Gasteiger partial charge on any atom is 0.310 e. The molecule has 0 spiro atoms. The number of benzene rings is 2. The van der Waals surface area contributed by atoms with Crippen molar-refractivity contribution in [1.29, 1.82) is 0 Å². The molecule has 3 aromatic rings. The van der Waals surface area contributed by atoms with Gasteiger partial charge in [0.1, 0.15) is 16.9 Å². The number of ether oxygens (including phenoxy) is 1. The fraction of sp³-hybridized carbons (Fsp3) is 0.125. The van der Waals surface area contributed by atoms with E-state index in [-0.39, 0.29) is 11.4 Å². The minimum absolute atomic E-state index is 0.0878. The molecule has 0 aliphatic carbocycles. The van der Waals surface area contributed by atoms with Crippen LogP contribution in [-0.2, 0) is 4.79 Å². The lowest BCUT2D eigenvalue weighted by molar-refractivity contribution is -0.134. The van der Waals surface area contributed by atoms with Crippen LogP contribution in [0.1, 0.15) is 13.3 Å². The van der Waals surface area contributed by atoms with Gasteiger partial charge in [-0.25, -0.2) is 0 Å². The molecular weight excluding hydrogens is 256 g/mol. The maximum atomic E-state index is 12.3. The molecule has 3 rings (SSSR count). The van der Waals surface area contributed by atoms with Gasteiger partial charge in [-0.2, -0.15) is 0 Å². The fourth-order valence-electron chi connectivity index (χ4n) is 2.05. The van der Waals surface area contributed by atoms with Gasteiger partial charge in [0.2, 0.25) is 5.43 Å². The quantitative estimate of drug-likeness (QED) is 0.406. The molecule has 1 aromatic heterocycles. The van der Waals surface area contributed by atoms with Crippen LogP contribution >= 0.6 is 0 Å². The molecule has 0 N–H and O–H groups in total. The molecule has 0 saturated carbocycles. The summed E-state index contributed by atoms with van der Waals surface area (Å²) in [5.74, 6) is 0.0512. The van der Waals surface area contributed by atoms with Crippen molar-refractivity contribution in [1.82, 2.24) is 0 Å². The number of rotatable bonds is 2. The van der Waals surface area contributed by atoms with E-state index in [2.05, 4.69) is 0 Å². The fourth-order valence-corrected chi connectivity index (χ4v) is 2.05. The lowest BCUT2D eigenvalue weighted by Gasteiger charge is -2.05. The molecule has 100 valence electrons. The third-order valence-corrected chi connectivity index (χ3v) is 3.07. The summed E-state index contributed by atoms with van der Waals surface area (Å²) < 4.78 is 10.8. The van der Waals surface area contributed by atoms with E-state index < -0.39 is 0 Å². The Kier molecular flexibility index (Phi) is 2.99. The number of hydrogen-bond donors (Lipinski definition) is 0. The Morgan fingerprint density at radius 3 is 2.65 bits per heavy atom. The van der Waals surface area contributed by atoms with Gasteiger partial charge in [0, 0.05) is 12.5 Å². The third kappa shape index (κ3) is 2.05. The Bertz CT molecular complexity index is 861. The van der Waals surface area contributed by atoms with Crippen molar-refractivity contribution in [2.75, 3.05) is 0 Å². The van der Waals surface area contributed by atoms with Gasteiger partial charge in [-0.1, -0.05) is 19.1 Å². The van der Waals surface area contributed by atoms with E-state index in [0.717, 1.165) is 0 Å². The van der Waals surface area contributed by atoms with E-state index in [1.165, 1.54) is 0 Å². The molecule has 2 aromatic carbocycles. The van der Waals surface area contributed by atoms with Gasteiger partial charge in [0.25, 0.3) is 0 Å². The monoisotopic (exact) mass is 268 g/mol. The molecule has 0 bridgehead atoms. The van der Waals surface area contributed by atoms with Crippen LogP contribution in [0.3, 0.4) is 0 Å². The van der Waals surface area contributed by atoms with E-state index in [1.54, 1.807) is 49.4 Å². The normalized spacial score (nSPS) is 10.8. The molecular formula is C16H12O4. The van der Waals surface area contributed by atoms with Crippen molar-refractivity contribution >= 4 is 27.9 Å². The first-order valence-electron chi connectivity index (χ1n) is 6.35. The van der Waals surface area contributed by atoms with Gasteiger partial charge >= 0.3 is 5.97 Å². The summed E-state index contributed by atoms with van der Waals surface area (Å²) in [6.07, 6.45) is 0.291. The van der Waals surface area contributed by atoms with Crippen LogP contribution in [0.15, 0.2) is 51.7 Å². The minimum atomic E-state index is -0.326. The Morgan fingerprint density at radius 2 is 1.85 bits per heavy atom. The van der Waals surface area contributed by atoms with Crippen molar-refractivity contribution in [3.8, 4) is 5.75 Å². The van der Waals surface area contributed by atoms with Crippen LogP contribution in [0.25, 0.3) is 21.9 Å². The van der Waals surface area contributed by atoms with Gasteiger partial charge in [0.15, 0.2) is 0 Å². The third-order valence-electron chi connectivity index (χ3n) is 3.07. The molecule has 0 aliphatic rings. The molecule has 1 heterocycles. The number of esters is 1. The zero-order valence-electron chi connectivity index (χ0n) is 10.9. The predicted octanol–water partition coefficient (Wildman–Crippen LogP) is 3.26. The van der Waals surface area contributed by atoms with Gasteiger partial charge in [-0.3, -0.25) is 9.59 Å². The molecule has 0 unspecified atom stereocenters. The van der Waals surface area contributed by atoms with E-state index in [0.29, 0.717) is 34.1 Å². The summed E-state index contributed by atoms with van der Waals surface area (Å²) in [6.45, 7) is 1.72. The van der Waals surface area contributed by atoms with Gasteiger partial charge in [0.05, 0.1) is 10.8 Å². The Balaban J connectivity index is 2.22. The second-order valence-corrected chi connectivity index (χ2v) is 4.41. The predicted molar refractivity (Wildman–Crippen MR) is 75.9 cm³/mol. The molecule has 4 heteroatoms. The summed E-state index contributed by atoms with van der Waals surface area (Å²) in [7, 11) is 0. The maximum absolute atomic E-state index is 12.3. The Morgan fingerprint density at radius 1 is 1.10 bits per heavy atom. The van der Waals surface area contributed by atoms with Crippen LogP contribution < -0.4 is 10.2 Å². The van der Waals surface area contributed by atoms with E-state index in [9.17, 15) is 9.59 Å². The highest BCUT2D eigenvalue weighted by atomic mass is 16.5. The summed E-state index contributed by atoms with van der Waals surface area (Å²) in [5.41, 5.74) is 0.842. The highest BCUT2D eigenvalue weighted by molar-refractivity contribution is 5.90. The SMILES string of the molecule is CCC(=O)Oc1ccc2c(=O)c3ccccc3oc2c1. The topological polar surface area (TPSA) is 56.5 Å². The van der Waals surface area contributed by atoms with Gasteiger partial charge in [-0.05, 0) is 24.3 Å². The van der Waals surface area contributed by atoms with Crippen molar-refractivity contribution in [3.05, 3.63) is 52.7 Å². The van der Waals surface area contributed by atoms with Crippen molar-refractivity contribution in [2.45, 2.75) is 13.3 Å². The standard InChI is InChI=1S/C16H12O4/c1-2-15(17)19-10-7-8-12-14(9-10)20-13-6-4-3-5-11(13)16(12)18/h3-9H,2H2,1H3. The minimum Gasteiger partial charge on any atom is -0.456 e. The molecule has 0 radical (unpaired) electrons. The molecule has 0 fully saturated rings. The average molecular weight is 268 g/mol. The second kappa shape index (κ2) is 4.81. The van der Waals surface area contributed by atoms with E-state index in [1.807, 2.05) is 0 Å². The molecule has 0 saturated heterocycles. The molecule has 0 aliphatic heterocycles. The van der Waals surface area contributed by atoms with Crippen LogP contribution in [0.4, 0.5) is 0 Å². The van der Waals surface area contributed by atoms with Crippen LogP contribution in [0.2, 0.25) is 0 Å². The molecule has 0 amide bonds. The molecule has 20 heavy (non-hydrogen) atoms. The zero-order valence-corrected chi connectivity index (χ0v) is 10.9. The van der Waals surface area contributed by atoms with Crippen LogP contribution in [0, 0.1) is 0 Å². The number of carbonyl (C=O) groups excluding carboxylic acids is 1. The number of carbonyl (C=O) groups is 1. The largest absolute Gasteiger partial charge is 0.456 e. The molecule has 0 atom stereocenters. The zero-order chi connectivity index (χ0) is 14.1. The summed E-state index contributed by atoms with van der Waals surface area (Å²) >= 11 is 0.